The Kier molecular flexibility index (Phi) is 3.68. The molecule has 2 aromatic rings. The Morgan fingerprint density at radius 2 is 2.21 bits per heavy atom. The van der Waals surface area contributed by atoms with E-state index in [1.165, 1.54) is 0 Å². The maximum Gasteiger partial charge on any atom is 0.162 e. The predicted molar refractivity (Wildman–Crippen MR) is 77.2 cm³/mol. The lowest BCUT2D eigenvalue weighted by molar-refractivity contribution is 0.165. The average molecular weight is 277 g/mol. The second-order valence-electron chi connectivity index (χ2n) is 5.28. The van der Waals surface area contributed by atoms with E-state index in [9.17, 15) is 0 Å². The van der Waals surface area contributed by atoms with Crippen LogP contribution in [0.2, 0.25) is 0 Å². The van der Waals surface area contributed by atoms with E-state index in [1.54, 1.807) is 17.6 Å². The standard InChI is InChI=1S/C14H19N3OS/c1-10-6-17(7-11(2)15-10)8-12-9-19-14(16-12)13-4-3-5-18-13/h3-5,9-11,15H,6-8H2,1-2H3. The molecule has 0 radical (unpaired) electrons. The van der Waals surface area contributed by atoms with Crippen molar-refractivity contribution in [1.82, 2.24) is 15.2 Å². The maximum atomic E-state index is 5.38. The molecule has 0 aliphatic carbocycles. The molecule has 5 heteroatoms. The summed E-state index contributed by atoms with van der Waals surface area (Å²) in [6, 6.07) is 4.95. The van der Waals surface area contributed by atoms with Crippen molar-refractivity contribution in [3.63, 3.8) is 0 Å². The summed E-state index contributed by atoms with van der Waals surface area (Å²) in [4.78, 5) is 7.12. The summed E-state index contributed by atoms with van der Waals surface area (Å²) in [5.41, 5.74) is 1.14. The Hall–Kier alpha value is -1.17. The number of aromatic nitrogens is 1. The van der Waals surface area contributed by atoms with Crippen molar-refractivity contribution in [2.24, 2.45) is 0 Å². The van der Waals surface area contributed by atoms with Crippen molar-refractivity contribution in [2.45, 2.75) is 32.5 Å². The predicted octanol–water partition coefficient (Wildman–Crippen LogP) is 2.59. The second-order valence-corrected chi connectivity index (χ2v) is 6.14. The summed E-state index contributed by atoms with van der Waals surface area (Å²) in [5, 5.41) is 6.65. The van der Waals surface area contributed by atoms with E-state index in [2.05, 4.69) is 34.4 Å². The first-order valence-electron chi connectivity index (χ1n) is 6.67. The number of rotatable bonds is 3. The number of piperazine rings is 1. The number of hydrogen-bond acceptors (Lipinski definition) is 5. The van der Waals surface area contributed by atoms with Gasteiger partial charge in [-0.25, -0.2) is 4.98 Å². The molecular weight excluding hydrogens is 258 g/mol. The zero-order valence-electron chi connectivity index (χ0n) is 11.3. The van der Waals surface area contributed by atoms with Gasteiger partial charge in [-0.3, -0.25) is 4.90 Å². The highest BCUT2D eigenvalue weighted by molar-refractivity contribution is 7.13. The lowest BCUT2D eigenvalue weighted by Crippen LogP contribution is -2.53. The Bertz CT molecular complexity index is 513. The van der Waals surface area contributed by atoms with Crippen LogP contribution in [0.1, 0.15) is 19.5 Å². The molecule has 0 amide bonds. The first-order valence-corrected chi connectivity index (χ1v) is 7.55. The van der Waals surface area contributed by atoms with Crippen molar-refractivity contribution in [2.75, 3.05) is 13.1 Å². The molecule has 102 valence electrons. The SMILES string of the molecule is CC1CN(Cc2csc(-c3ccco3)n2)CC(C)N1. The molecule has 2 aromatic heterocycles. The topological polar surface area (TPSA) is 41.3 Å². The third kappa shape index (κ3) is 3.05. The van der Waals surface area contributed by atoms with Crippen molar-refractivity contribution < 1.29 is 4.42 Å². The average Bonchev–Trinajstić information content (AvgIpc) is 2.96. The van der Waals surface area contributed by atoms with E-state index >= 15 is 0 Å². The molecule has 2 unspecified atom stereocenters. The number of thiazole rings is 1. The molecule has 3 heterocycles. The van der Waals surface area contributed by atoms with Gasteiger partial charge in [-0.15, -0.1) is 11.3 Å². The van der Waals surface area contributed by atoms with Gasteiger partial charge in [0.2, 0.25) is 0 Å². The normalized spacial score (nSPS) is 24.7. The van der Waals surface area contributed by atoms with Gasteiger partial charge in [0.05, 0.1) is 12.0 Å². The fourth-order valence-corrected chi connectivity index (χ4v) is 3.47. The largest absolute Gasteiger partial charge is 0.462 e. The van der Waals surface area contributed by atoms with Gasteiger partial charge in [0.1, 0.15) is 0 Å². The summed E-state index contributed by atoms with van der Waals surface area (Å²) in [5.74, 6) is 0.860. The minimum Gasteiger partial charge on any atom is -0.462 e. The Morgan fingerprint density at radius 1 is 1.42 bits per heavy atom. The number of nitrogens with one attached hydrogen (secondary N) is 1. The fraction of sp³-hybridized carbons (Fsp3) is 0.500. The quantitative estimate of drug-likeness (QED) is 0.936. The molecule has 1 saturated heterocycles. The van der Waals surface area contributed by atoms with Gasteiger partial charge in [-0.1, -0.05) is 0 Å². The van der Waals surface area contributed by atoms with Crippen LogP contribution in [0.3, 0.4) is 0 Å². The zero-order valence-corrected chi connectivity index (χ0v) is 12.1. The van der Waals surface area contributed by atoms with Crippen LogP contribution in [0.5, 0.6) is 0 Å². The molecule has 4 nitrogen and oxygen atoms in total. The molecule has 0 bridgehead atoms. The smallest absolute Gasteiger partial charge is 0.162 e. The summed E-state index contributed by atoms with van der Waals surface area (Å²) in [6.45, 7) is 7.56. The van der Waals surface area contributed by atoms with Crippen LogP contribution < -0.4 is 5.32 Å². The molecule has 1 N–H and O–H groups in total. The van der Waals surface area contributed by atoms with E-state index in [1.807, 2.05) is 12.1 Å². The highest BCUT2D eigenvalue weighted by Crippen LogP contribution is 2.24. The lowest BCUT2D eigenvalue weighted by Gasteiger charge is -2.35. The van der Waals surface area contributed by atoms with Crippen molar-refractivity contribution in [3.05, 3.63) is 29.5 Å². The van der Waals surface area contributed by atoms with Gasteiger partial charge < -0.3 is 9.73 Å². The van der Waals surface area contributed by atoms with E-state index in [0.29, 0.717) is 12.1 Å². The Labute approximate surface area is 117 Å². The first-order chi connectivity index (χ1) is 9.20. The molecule has 0 aromatic carbocycles. The van der Waals surface area contributed by atoms with E-state index in [-0.39, 0.29) is 0 Å². The Balaban J connectivity index is 1.67. The first kappa shape index (κ1) is 12.8. The second kappa shape index (κ2) is 5.45. The third-order valence-corrected chi connectivity index (χ3v) is 4.21. The van der Waals surface area contributed by atoms with Crippen LogP contribution in [-0.2, 0) is 6.54 Å². The molecule has 19 heavy (non-hydrogen) atoms. The van der Waals surface area contributed by atoms with Crippen LogP contribution in [0.4, 0.5) is 0 Å². The maximum absolute atomic E-state index is 5.38. The highest BCUT2D eigenvalue weighted by atomic mass is 32.1. The molecule has 0 saturated carbocycles. The number of nitrogens with zero attached hydrogens (tertiary/aromatic N) is 2. The molecule has 3 rings (SSSR count). The van der Waals surface area contributed by atoms with Gasteiger partial charge in [-0.2, -0.15) is 0 Å². The van der Waals surface area contributed by atoms with E-state index < -0.39 is 0 Å². The summed E-state index contributed by atoms with van der Waals surface area (Å²) >= 11 is 1.65. The minimum atomic E-state index is 0.548. The van der Waals surface area contributed by atoms with Gasteiger partial charge in [0.25, 0.3) is 0 Å². The van der Waals surface area contributed by atoms with Gasteiger partial charge in [0, 0.05) is 37.1 Å². The summed E-state index contributed by atoms with van der Waals surface area (Å²) in [7, 11) is 0. The number of hydrogen-bond donors (Lipinski definition) is 1. The molecule has 2 atom stereocenters. The number of furan rings is 1. The van der Waals surface area contributed by atoms with Crippen LogP contribution in [0, 0.1) is 0 Å². The summed E-state index contributed by atoms with van der Waals surface area (Å²) in [6.07, 6.45) is 1.69. The lowest BCUT2D eigenvalue weighted by atomic mass is 10.1. The van der Waals surface area contributed by atoms with Crippen LogP contribution in [-0.4, -0.2) is 35.1 Å². The molecule has 1 aliphatic rings. The van der Waals surface area contributed by atoms with E-state index in [0.717, 1.165) is 36.1 Å². The third-order valence-electron chi connectivity index (χ3n) is 3.30. The van der Waals surface area contributed by atoms with E-state index in [4.69, 9.17) is 4.42 Å². The van der Waals surface area contributed by atoms with Gasteiger partial charge in [-0.05, 0) is 26.0 Å². The van der Waals surface area contributed by atoms with Gasteiger partial charge >= 0.3 is 0 Å². The van der Waals surface area contributed by atoms with Crippen LogP contribution in [0.15, 0.2) is 28.2 Å². The molecular formula is C14H19N3OS. The van der Waals surface area contributed by atoms with Crippen molar-refractivity contribution >= 4 is 11.3 Å². The Morgan fingerprint density at radius 3 is 2.89 bits per heavy atom. The fourth-order valence-electron chi connectivity index (χ4n) is 2.69. The van der Waals surface area contributed by atoms with Crippen LogP contribution >= 0.6 is 11.3 Å². The molecule has 0 spiro atoms. The van der Waals surface area contributed by atoms with Gasteiger partial charge in [0.15, 0.2) is 10.8 Å². The zero-order chi connectivity index (χ0) is 13.2. The monoisotopic (exact) mass is 277 g/mol. The summed E-state index contributed by atoms with van der Waals surface area (Å²) < 4.78 is 5.38. The molecule has 1 fully saturated rings. The van der Waals surface area contributed by atoms with Crippen molar-refractivity contribution in [3.8, 4) is 10.8 Å². The van der Waals surface area contributed by atoms with Crippen LogP contribution in [0.25, 0.3) is 10.8 Å². The highest BCUT2D eigenvalue weighted by Gasteiger charge is 2.21. The van der Waals surface area contributed by atoms with Crippen molar-refractivity contribution in [1.29, 1.82) is 0 Å². The minimum absolute atomic E-state index is 0.548. The molecule has 1 aliphatic heterocycles.